The van der Waals surface area contributed by atoms with Crippen molar-refractivity contribution in [3.8, 4) is 0 Å². The number of rotatable bonds is 5. The normalized spacial score (nSPS) is 13.7. The van der Waals surface area contributed by atoms with E-state index in [4.69, 9.17) is 5.11 Å². The van der Waals surface area contributed by atoms with E-state index in [0.717, 1.165) is 5.92 Å². The molecule has 88 valence electrons. The summed E-state index contributed by atoms with van der Waals surface area (Å²) in [7, 11) is 0. The molecule has 0 aromatic carbocycles. The minimum Gasteiger partial charge on any atom is -0.481 e. The summed E-state index contributed by atoms with van der Waals surface area (Å²) >= 11 is 0. The largest absolute Gasteiger partial charge is 0.481 e. The molecule has 0 bridgehead atoms. The fourth-order valence-electron chi connectivity index (χ4n) is 0.968. The van der Waals surface area contributed by atoms with Gasteiger partial charge in [-0.05, 0) is 12.8 Å². The summed E-state index contributed by atoms with van der Waals surface area (Å²) in [6.07, 6.45) is 4.25. The van der Waals surface area contributed by atoms with Crippen LogP contribution in [0.1, 0.15) is 46.0 Å². The van der Waals surface area contributed by atoms with Crippen molar-refractivity contribution in [2.24, 2.45) is 5.92 Å². The molecule has 0 aliphatic heterocycles. The molecule has 4 nitrogen and oxygen atoms in total. The third-order valence-corrected chi connectivity index (χ3v) is 2.12. The summed E-state index contributed by atoms with van der Waals surface area (Å²) in [6.45, 7) is 4.24. The highest BCUT2D eigenvalue weighted by molar-refractivity contribution is 5.76. The Hall–Kier alpha value is -1.06. The SMILES string of the molecule is CCC1CC1.CCOC(=O)CCC(=O)O. The van der Waals surface area contributed by atoms with Crippen LogP contribution in [0, 0.1) is 5.92 Å². The van der Waals surface area contributed by atoms with Gasteiger partial charge in [-0.25, -0.2) is 0 Å². The molecule has 1 N–H and O–H groups in total. The Balaban J connectivity index is 0.000000322. The molecule has 1 rings (SSSR count). The van der Waals surface area contributed by atoms with Crippen molar-refractivity contribution in [2.75, 3.05) is 6.61 Å². The molecular weight excluding hydrogens is 196 g/mol. The van der Waals surface area contributed by atoms with Crippen molar-refractivity contribution in [3.05, 3.63) is 0 Å². The first-order valence-electron chi connectivity index (χ1n) is 5.47. The monoisotopic (exact) mass is 216 g/mol. The summed E-state index contributed by atoms with van der Waals surface area (Å²) in [5, 5.41) is 8.12. The highest BCUT2D eigenvalue weighted by atomic mass is 16.5. The quantitative estimate of drug-likeness (QED) is 0.716. The Morgan fingerprint density at radius 3 is 2.13 bits per heavy atom. The lowest BCUT2D eigenvalue weighted by atomic mass is 10.3. The van der Waals surface area contributed by atoms with Crippen LogP contribution in [0.15, 0.2) is 0 Å². The van der Waals surface area contributed by atoms with Gasteiger partial charge in [-0.3, -0.25) is 9.59 Å². The minimum atomic E-state index is -0.979. The van der Waals surface area contributed by atoms with Crippen LogP contribution in [0.2, 0.25) is 0 Å². The highest BCUT2D eigenvalue weighted by Crippen LogP contribution is 2.31. The lowest BCUT2D eigenvalue weighted by Crippen LogP contribution is -2.06. The van der Waals surface area contributed by atoms with E-state index in [1.807, 2.05) is 0 Å². The Bertz CT molecular complexity index is 197. The van der Waals surface area contributed by atoms with Crippen LogP contribution in [0.3, 0.4) is 0 Å². The second kappa shape index (κ2) is 8.26. The number of ether oxygens (including phenoxy) is 1. The number of hydrogen-bond acceptors (Lipinski definition) is 3. The van der Waals surface area contributed by atoms with Crippen molar-refractivity contribution in [3.63, 3.8) is 0 Å². The van der Waals surface area contributed by atoms with Crippen LogP contribution >= 0.6 is 0 Å². The van der Waals surface area contributed by atoms with Gasteiger partial charge in [-0.15, -0.1) is 0 Å². The number of carboxylic acids is 1. The maximum atomic E-state index is 10.5. The van der Waals surface area contributed by atoms with Crippen molar-refractivity contribution < 1.29 is 19.4 Å². The van der Waals surface area contributed by atoms with E-state index in [-0.39, 0.29) is 12.8 Å². The summed E-state index contributed by atoms with van der Waals surface area (Å²) in [4.78, 5) is 20.4. The first-order chi connectivity index (χ1) is 7.10. The standard InChI is InChI=1S/C6H10O4.C5H10/c1-2-10-6(9)4-3-5(7)8;1-2-5-3-4-5/h2-4H2,1H3,(H,7,8);5H,2-4H2,1H3. The summed E-state index contributed by atoms with van der Waals surface area (Å²) in [5.41, 5.74) is 0. The third kappa shape index (κ3) is 10.9. The molecule has 1 aliphatic carbocycles. The minimum absolute atomic E-state index is 0.0385. The van der Waals surface area contributed by atoms with Gasteiger partial charge in [0.25, 0.3) is 0 Å². The molecule has 1 saturated carbocycles. The van der Waals surface area contributed by atoms with E-state index < -0.39 is 11.9 Å². The van der Waals surface area contributed by atoms with Gasteiger partial charge in [0.2, 0.25) is 0 Å². The Kier molecular flexibility index (Phi) is 7.68. The van der Waals surface area contributed by atoms with E-state index in [1.165, 1.54) is 19.3 Å². The number of hydrogen-bond donors (Lipinski definition) is 1. The zero-order chi connectivity index (χ0) is 11.7. The van der Waals surface area contributed by atoms with E-state index in [9.17, 15) is 9.59 Å². The highest BCUT2D eigenvalue weighted by Gasteiger charge is 2.17. The number of esters is 1. The summed E-state index contributed by atoms with van der Waals surface area (Å²) in [6, 6.07) is 0. The lowest BCUT2D eigenvalue weighted by molar-refractivity contribution is -0.147. The van der Waals surface area contributed by atoms with Crippen LogP contribution in [-0.2, 0) is 14.3 Å². The molecule has 0 spiro atoms. The van der Waals surface area contributed by atoms with E-state index in [1.54, 1.807) is 6.92 Å². The molecule has 0 saturated heterocycles. The maximum Gasteiger partial charge on any atom is 0.306 e. The molecule has 15 heavy (non-hydrogen) atoms. The maximum absolute atomic E-state index is 10.5. The second-order valence-corrected chi connectivity index (χ2v) is 3.55. The van der Waals surface area contributed by atoms with Crippen molar-refractivity contribution in [2.45, 2.75) is 46.0 Å². The van der Waals surface area contributed by atoms with Crippen LogP contribution in [0.4, 0.5) is 0 Å². The fraction of sp³-hybridized carbons (Fsp3) is 0.818. The zero-order valence-electron chi connectivity index (χ0n) is 9.49. The second-order valence-electron chi connectivity index (χ2n) is 3.55. The van der Waals surface area contributed by atoms with Crippen molar-refractivity contribution in [1.82, 2.24) is 0 Å². The van der Waals surface area contributed by atoms with Crippen molar-refractivity contribution >= 4 is 11.9 Å². The first-order valence-corrected chi connectivity index (χ1v) is 5.47. The summed E-state index contributed by atoms with van der Waals surface area (Å²) in [5.74, 6) is -0.298. The molecule has 0 aromatic heterocycles. The van der Waals surface area contributed by atoms with E-state index in [0.29, 0.717) is 6.61 Å². The van der Waals surface area contributed by atoms with Gasteiger partial charge < -0.3 is 9.84 Å². The third-order valence-electron chi connectivity index (χ3n) is 2.12. The smallest absolute Gasteiger partial charge is 0.306 e. The van der Waals surface area contributed by atoms with E-state index in [2.05, 4.69) is 11.7 Å². The molecule has 4 heteroatoms. The van der Waals surface area contributed by atoms with Gasteiger partial charge in [0, 0.05) is 0 Å². The van der Waals surface area contributed by atoms with Gasteiger partial charge in [-0.2, -0.15) is 0 Å². The predicted octanol–water partition coefficient (Wildman–Crippen LogP) is 2.22. The van der Waals surface area contributed by atoms with Gasteiger partial charge in [0.05, 0.1) is 19.4 Å². The zero-order valence-corrected chi connectivity index (χ0v) is 9.49. The van der Waals surface area contributed by atoms with Crippen molar-refractivity contribution in [1.29, 1.82) is 0 Å². The number of carbonyl (C=O) groups is 2. The molecule has 0 heterocycles. The molecule has 0 atom stereocenters. The molecule has 0 amide bonds. The van der Waals surface area contributed by atoms with Gasteiger partial charge in [0.1, 0.15) is 0 Å². The van der Waals surface area contributed by atoms with Crippen LogP contribution in [-0.4, -0.2) is 23.7 Å². The van der Waals surface area contributed by atoms with Gasteiger partial charge >= 0.3 is 11.9 Å². The fourth-order valence-corrected chi connectivity index (χ4v) is 0.968. The number of carboxylic acid groups (broad SMARTS) is 1. The number of aliphatic carboxylic acids is 1. The van der Waals surface area contributed by atoms with Crippen LogP contribution < -0.4 is 0 Å². The lowest BCUT2D eigenvalue weighted by Gasteiger charge is -1.97. The average molecular weight is 216 g/mol. The first kappa shape index (κ1) is 13.9. The van der Waals surface area contributed by atoms with E-state index >= 15 is 0 Å². The predicted molar refractivity (Wildman–Crippen MR) is 56.5 cm³/mol. The topological polar surface area (TPSA) is 63.6 Å². The molecule has 0 aromatic rings. The van der Waals surface area contributed by atoms with Crippen LogP contribution in [0.5, 0.6) is 0 Å². The Morgan fingerprint density at radius 2 is 1.87 bits per heavy atom. The van der Waals surface area contributed by atoms with Crippen LogP contribution in [0.25, 0.3) is 0 Å². The molecule has 1 aliphatic rings. The molecule has 1 fully saturated rings. The average Bonchev–Trinajstić information content (AvgIpc) is 2.99. The Morgan fingerprint density at radius 1 is 1.27 bits per heavy atom. The van der Waals surface area contributed by atoms with Gasteiger partial charge in [-0.1, -0.05) is 26.2 Å². The molecule has 0 radical (unpaired) electrons. The molecular formula is C11H20O4. The Labute approximate surface area is 90.6 Å². The summed E-state index contributed by atoms with van der Waals surface area (Å²) < 4.78 is 4.49. The molecule has 0 unspecified atom stereocenters. The van der Waals surface area contributed by atoms with Gasteiger partial charge in [0.15, 0.2) is 0 Å². The number of carbonyl (C=O) groups excluding carboxylic acids is 1.